The molecule has 1 aliphatic heterocycles. The Hall–Kier alpha value is -3.43. The van der Waals surface area contributed by atoms with Crippen LogP contribution in [-0.4, -0.2) is 53.1 Å². The summed E-state index contributed by atoms with van der Waals surface area (Å²) >= 11 is 0. The van der Waals surface area contributed by atoms with Crippen molar-refractivity contribution in [2.75, 3.05) is 17.7 Å². The highest BCUT2D eigenvalue weighted by molar-refractivity contribution is 6.19. The third-order valence-electron chi connectivity index (χ3n) is 4.06. The lowest BCUT2D eigenvalue weighted by Gasteiger charge is -2.23. The van der Waals surface area contributed by atoms with Gasteiger partial charge in [0.2, 0.25) is 5.91 Å². The number of urea groups is 1. The van der Waals surface area contributed by atoms with E-state index in [1.54, 1.807) is 6.07 Å². The van der Waals surface area contributed by atoms with Crippen LogP contribution in [0.15, 0.2) is 18.2 Å². The van der Waals surface area contributed by atoms with Crippen molar-refractivity contribution >= 4 is 40.9 Å². The summed E-state index contributed by atoms with van der Waals surface area (Å²) in [6.45, 7) is 5.39. The number of Topliss-reactive ketones (excluding diaryl/α,β-unsaturated/α-hetero) is 1. The Bertz CT molecular complexity index is 864. The SMILES string of the molecule is COc1ccc(NC(C)=O)cc1NC(=O)C(C(C)=O)N1C(=O)NC(C)(C)C1=O. The van der Waals surface area contributed by atoms with Crippen LogP contribution in [0.4, 0.5) is 16.2 Å². The van der Waals surface area contributed by atoms with Crippen LogP contribution in [-0.2, 0) is 19.2 Å². The first-order valence-corrected chi connectivity index (χ1v) is 8.40. The number of carbonyl (C=O) groups is 5. The van der Waals surface area contributed by atoms with Crippen molar-refractivity contribution in [1.29, 1.82) is 0 Å². The van der Waals surface area contributed by atoms with Gasteiger partial charge in [0.25, 0.3) is 11.8 Å². The summed E-state index contributed by atoms with van der Waals surface area (Å²) in [6, 6.07) is 2.04. The van der Waals surface area contributed by atoms with Crippen LogP contribution in [0.5, 0.6) is 5.75 Å². The van der Waals surface area contributed by atoms with Gasteiger partial charge in [-0.15, -0.1) is 0 Å². The van der Waals surface area contributed by atoms with Gasteiger partial charge in [0.05, 0.1) is 12.8 Å². The minimum atomic E-state index is -1.65. The average molecular weight is 390 g/mol. The molecular weight excluding hydrogens is 368 g/mol. The molecule has 1 aromatic carbocycles. The molecular formula is C18H22N4O6. The van der Waals surface area contributed by atoms with Crippen molar-refractivity contribution in [2.24, 2.45) is 0 Å². The number of carbonyl (C=O) groups excluding carboxylic acids is 5. The Morgan fingerprint density at radius 1 is 1.14 bits per heavy atom. The second-order valence-corrected chi connectivity index (χ2v) is 6.83. The Morgan fingerprint density at radius 2 is 1.79 bits per heavy atom. The van der Waals surface area contributed by atoms with Gasteiger partial charge in [0.15, 0.2) is 11.8 Å². The standard InChI is InChI=1S/C18H22N4O6/c1-9(23)14(22-16(26)18(3,4)21-17(22)27)15(25)20-12-8-11(19-10(2)24)6-7-13(12)28-5/h6-8,14H,1-5H3,(H,19,24)(H,20,25)(H,21,27). The minimum absolute atomic E-state index is 0.163. The number of nitrogens with one attached hydrogen (secondary N) is 3. The Balaban J connectivity index is 2.35. The molecule has 1 heterocycles. The maximum atomic E-state index is 12.8. The predicted octanol–water partition coefficient (Wildman–Crippen LogP) is 0.880. The number of amides is 5. The van der Waals surface area contributed by atoms with Gasteiger partial charge in [0.1, 0.15) is 11.3 Å². The molecule has 0 bridgehead atoms. The number of ether oxygens (including phenoxy) is 1. The van der Waals surface area contributed by atoms with Crippen LogP contribution in [0, 0.1) is 0 Å². The highest BCUT2D eigenvalue weighted by atomic mass is 16.5. The molecule has 1 atom stereocenters. The van der Waals surface area contributed by atoms with Gasteiger partial charge in [-0.3, -0.25) is 19.2 Å². The molecule has 0 aliphatic carbocycles. The topological polar surface area (TPSA) is 134 Å². The van der Waals surface area contributed by atoms with E-state index < -0.39 is 35.2 Å². The molecule has 10 nitrogen and oxygen atoms in total. The van der Waals surface area contributed by atoms with E-state index in [2.05, 4.69) is 16.0 Å². The third kappa shape index (κ3) is 4.11. The Labute approximate surface area is 161 Å². The minimum Gasteiger partial charge on any atom is -0.495 e. The molecule has 2 rings (SSSR count). The number of ketones is 1. The number of methoxy groups -OCH3 is 1. The highest BCUT2D eigenvalue weighted by Gasteiger charge is 2.50. The fourth-order valence-corrected chi connectivity index (χ4v) is 2.78. The van der Waals surface area contributed by atoms with Gasteiger partial charge in [-0.1, -0.05) is 0 Å². The van der Waals surface area contributed by atoms with Crippen LogP contribution in [0.25, 0.3) is 0 Å². The zero-order chi connectivity index (χ0) is 21.2. The molecule has 3 N–H and O–H groups in total. The largest absolute Gasteiger partial charge is 0.495 e. The van der Waals surface area contributed by atoms with E-state index >= 15 is 0 Å². The van der Waals surface area contributed by atoms with Crippen LogP contribution in [0.3, 0.4) is 0 Å². The van der Waals surface area contributed by atoms with Crippen molar-refractivity contribution in [3.8, 4) is 5.75 Å². The second-order valence-electron chi connectivity index (χ2n) is 6.83. The molecule has 1 aliphatic rings. The highest BCUT2D eigenvalue weighted by Crippen LogP contribution is 2.29. The molecule has 10 heteroatoms. The van der Waals surface area contributed by atoms with Gasteiger partial charge in [-0.25, -0.2) is 9.69 Å². The van der Waals surface area contributed by atoms with Crippen molar-refractivity contribution in [3.05, 3.63) is 18.2 Å². The lowest BCUT2D eigenvalue weighted by Crippen LogP contribution is -2.52. The van der Waals surface area contributed by atoms with E-state index in [0.717, 1.165) is 6.92 Å². The van der Waals surface area contributed by atoms with Crippen LogP contribution in [0.1, 0.15) is 27.7 Å². The number of imide groups is 1. The molecule has 28 heavy (non-hydrogen) atoms. The lowest BCUT2D eigenvalue weighted by molar-refractivity contribution is -0.141. The van der Waals surface area contributed by atoms with Crippen LogP contribution in [0.2, 0.25) is 0 Å². The van der Waals surface area contributed by atoms with E-state index in [1.165, 1.54) is 40.0 Å². The molecule has 1 saturated heterocycles. The monoisotopic (exact) mass is 390 g/mol. The second kappa shape index (κ2) is 7.67. The number of anilines is 2. The first kappa shape index (κ1) is 20.9. The third-order valence-corrected chi connectivity index (χ3v) is 4.06. The average Bonchev–Trinajstić information content (AvgIpc) is 2.76. The Morgan fingerprint density at radius 3 is 2.25 bits per heavy atom. The van der Waals surface area contributed by atoms with Gasteiger partial charge < -0.3 is 20.7 Å². The fourth-order valence-electron chi connectivity index (χ4n) is 2.78. The predicted molar refractivity (Wildman–Crippen MR) is 99.9 cm³/mol. The van der Waals surface area contributed by atoms with Gasteiger partial charge >= 0.3 is 6.03 Å². The van der Waals surface area contributed by atoms with Gasteiger partial charge in [0, 0.05) is 12.6 Å². The Kier molecular flexibility index (Phi) is 5.72. The van der Waals surface area contributed by atoms with E-state index in [9.17, 15) is 24.0 Å². The summed E-state index contributed by atoms with van der Waals surface area (Å²) in [4.78, 5) is 61.4. The summed E-state index contributed by atoms with van der Waals surface area (Å²) in [7, 11) is 1.38. The fraction of sp³-hybridized carbons (Fsp3) is 0.389. The maximum Gasteiger partial charge on any atom is 0.326 e. The molecule has 1 aromatic rings. The maximum absolute atomic E-state index is 12.8. The van der Waals surface area contributed by atoms with Crippen molar-refractivity contribution in [2.45, 2.75) is 39.3 Å². The molecule has 150 valence electrons. The summed E-state index contributed by atoms with van der Waals surface area (Å²) in [5.74, 6) is -2.30. The number of hydrogen-bond acceptors (Lipinski definition) is 6. The summed E-state index contributed by atoms with van der Waals surface area (Å²) in [5.41, 5.74) is -0.677. The van der Waals surface area contributed by atoms with E-state index in [4.69, 9.17) is 4.74 Å². The van der Waals surface area contributed by atoms with Crippen LogP contribution < -0.4 is 20.7 Å². The lowest BCUT2D eigenvalue weighted by atomic mass is 10.0. The molecule has 0 radical (unpaired) electrons. The van der Waals surface area contributed by atoms with E-state index in [-0.39, 0.29) is 17.3 Å². The van der Waals surface area contributed by atoms with Crippen molar-refractivity contribution < 1.29 is 28.7 Å². The van der Waals surface area contributed by atoms with Crippen molar-refractivity contribution in [3.63, 3.8) is 0 Å². The van der Waals surface area contributed by atoms with Crippen molar-refractivity contribution in [1.82, 2.24) is 10.2 Å². The molecule has 0 saturated carbocycles. The normalized spacial score (nSPS) is 16.2. The summed E-state index contributed by atoms with van der Waals surface area (Å²) in [5, 5.41) is 7.49. The molecule has 0 spiro atoms. The first-order chi connectivity index (χ1) is 13.0. The van der Waals surface area contributed by atoms with E-state index in [0.29, 0.717) is 10.6 Å². The molecule has 5 amide bonds. The van der Waals surface area contributed by atoms with Gasteiger partial charge in [-0.2, -0.15) is 0 Å². The summed E-state index contributed by atoms with van der Waals surface area (Å²) in [6.07, 6.45) is 0. The zero-order valence-electron chi connectivity index (χ0n) is 16.2. The number of benzene rings is 1. The number of rotatable bonds is 6. The quantitative estimate of drug-likeness (QED) is 0.488. The number of hydrogen-bond donors (Lipinski definition) is 3. The molecule has 1 fully saturated rings. The number of nitrogens with zero attached hydrogens (tertiary/aromatic N) is 1. The van der Waals surface area contributed by atoms with Gasteiger partial charge in [-0.05, 0) is 39.0 Å². The van der Waals surface area contributed by atoms with Crippen LogP contribution >= 0.6 is 0 Å². The first-order valence-electron chi connectivity index (χ1n) is 8.40. The molecule has 0 aromatic heterocycles. The summed E-state index contributed by atoms with van der Waals surface area (Å²) < 4.78 is 5.18. The smallest absolute Gasteiger partial charge is 0.326 e. The van der Waals surface area contributed by atoms with E-state index in [1.807, 2.05) is 0 Å². The zero-order valence-corrected chi connectivity index (χ0v) is 16.2. The molecule has 1 unspecified atom stereocenters.